The van der Waals surface area contributed by atoms with Crippen LogP contribution in [0, 0.1) is 0 Å². The first kappa shape index (κ1) is 16.7. The zero-order chi connectivity index (χ0) is 17.0. The van der Waals surface area contributed by atoms with Gasteiger partial charge in [0.25, 0.3) is 0 Å². The molecule has 0 N–H and O–H groups in total. The van der Waals surface area contributed by atoms with E-state index in [1.807, 2.05) is 24.3 Å². The van der Waals surface area contributed by atoms with Crippen LogP contribution >= 0.6 is 0 Å². The average molecular weight is 312 g/mol. The Morgan fingerprint density at radius 3 is 1.26 bits per heavy atom. The third-order valence-corrected chi connectivity index (χ3v) is 3.68. The van der Waals surface area contributed by atoms with E-state index >= 15 is 0 Å². The molecule has 0 bridgehead atoms. The highest BCUT2D eigenvalue weighted by Gasteiger charge is 2.23. The molecular formula is C19H20O4. The summed E-state index contributed by atoms with van der Waals surface area (Å²) in [6.45, 7) is 6.97. The summed E-state index contributed by atoms with van der Waals surface area (Å²) >= 11 is 0. The van der Waals surface area contributed by atoms with Crippen LogP contribution in [0.4, 0.5) is 0 Å². The van der Waals surface area contributed by atoms with Gasteiger partial charge in [-0.3, -0.25) is 9.59 Å². The first-order valence-electron chi connectivity index (χ1n) is 7.37. The molecule has 0 aliphatic carbocycles. The van der Waals surface area contributed by atoms with Crippen molar-refractivity contribution >= 4 is 11.9 Å². The van der Waals surface area contributed by atoms with E-state index in [-0.39, 0.29) is 17.4 Å². The van der Waals surface area contributed by atoms with Gasteiger partial charge in [0.2, 0.25) is 0 Å². The van der Waals surface area contributed by atoms with Crippen LogP contribution in [-0.2, 0) is 15.0 Å². The fraction of sp³-hybridized carbons (Fsp3) is 0.263. The zero-order valence-corrected chi connectivity index (χ0v) is 13.8. The normalized spacial score (nSPS) is 11.0. The van der Waals surface area contributed by atoms with Crippen molar-refractivity contribution in [2.24, 2.45) is 0 Å². The van der Waals surface area contributed by atoms with E-state index in [9.17, 15) is 9.59 Å². The lowest BCUT2D eigenvalue weighted by atomic mass is 9.78. The fourth-order valence-corrected chi connectivity index (χ4v) is 2.38. The molecule has 0 saturated carbocycles. The molecule has 0 saturated heterocycles. The predicted molar refractivity (Wildman–Crippen MR) is 87.6 cm³/mol. The van der Waals surface area contributed by atoms with Gasteiger partial charge in [-0.2, -0.15) is 0 Å². The van der Waals surface area contributed by atoms with Gasteiger partial charge in [-0.1, -0.05) is 38.1 Å². The number of rotatable bonds is 4. The number of carbonyl (C=O) groups excluding carboxylic acids is 2. The number of hydrogen-bond acceptors (Lipinski definition) is 4. The molecule has 0 heterocycles. The average Bonchev–Trinajstić information content (AvgIpc) is 2.47. The Morgan fingerprint density at radius 1 is 0.696 bits per heavy atom. The second kappa shape index (κ2) is 6.65. The maximum atomic E-state index is 11.0. The molecule has 0 aliphatic rings. The van der Waals surface area contributed by atoms with Gasteiger partial charge in [-0.05, 0) is 35.4 Å². The van der Waals surface area contributed by atoms with Crippen molar-refractivity contribution < 1.29 is 19.1 Å². The summed E-state index contributed by atoms with van der Waals surface area (Å²) in [5.74, 6) is 0.389. The van der Waals surface area contributed by atoms with Crippen LogP contribution in [0.25, 0.3) is 0 Å². The quantitative estimate of drug-likeness (QED) is 0.635. The molecule has 0 amide bonds. The first-order chi connectivity index (χ1) is 10.8. The molecule has 4 nitrogen and oxygen atoms in total. The van der Waals surface area contributed by atoms with Crippen molar-refractivity contribution in [1.82, 2.24) is 0 Å². The molecule has 0 spiro atoms. The van der Waals surface area contributed by atoms with Gasteiger partial charge in [-0.15, -0.1) is 0 Å². The lowest BCUT2D eigenvalue weighted by Crippen LogP contribution is -2.18. The lowest BCUT2D eigenvalue weighted by Gasteiger charge is -2.26. The van der Waals surface area contributed by atoms with Crippen LogP contribution in [0.1, 0.15) is 38.8 Å². The van der Waals surface area contributed by atoms with Crippen molar-refractivity contribution in [3.63, 3.8) is 0 Å². The molecule has 2 rings (SSSR count). The molecule has 0 radical (unpaired) electrons. The molecule has 0 fully saturated rings. The molecule has 0 aromatic heterocycles. The van der Waals surface area contributed by atoms with E-state index in [0.29, 0.717) is 11.5 Å². The Balaban J connectivity index is 2.23. The van der Waals surface area contributed by atoms with Crippen LogP contribution in [0.3, 0.4) is 0 Å². The summed E-state index contributed by atoms with van der Waals surface area (Å²) in [7, 11) is 0. The van der Waals surface area contributed by atoms with Gasteiger partial charge in [0, 0.05) is 19.3 Å². The Morgan fingerprint density at radius 2 is 1.00 bits per heavy atom. The highest BCUT2D eigenvalue weighted by molar-refractivity contribution is 5.69. The summed E-state index contributed by atoms with van der Waals surface area (Å²) in [6, 6.07) is 14.9. The van der Waals surface area contributed by atoms with Crippen LogP contribution in [0.2, 0.25) is 0 Å². The first-order valence-corrected chi connectivity index (χ1v) is 7.37. The van der Waals surface area contributed by atoms with E-state index in [0.717, 1.165) is 11.1 Å². The molecule has 120 valence electrons. The number of esters is 2. The Labute approximate surface area is 136 Å². The minimum Gasteiger partial charge on any atom is -0.427 e. The smallest absolute Gasteiger partial charge is 0.308 e. The van der Waals surface area contributed by atoms with E-state index in [4.69, 9.17) is 9.47 Å². The second-order valence-electron chi connectivity index (χ2n) is 5.86. The number of carbonyl (C=O) groups is 2. The van der Waals surface area contributed by atoms with E-state index in [1.165, 1.54) is 13.8 Å². The fourth-order valence-electron chi connectivity index (χ4n) is 2.38. The summed E-state index contributed by atoms with van der Waals surface area (Å²) < 4.78 is 10.1. The molecule has 2 aromatic rings. The van der Waals surface area contributed by atoms with Gasteiger partial charge in [0.15, 0.2) is 0 Å². The van der Waals surface area contributed by atoms with E-state index in [1.54, 1.807) is 24.3 Å². The summed E-state index contributed by atoms with van der Waals surface area (Å²) in [4.78, 5) is 21.9. The van der Waals surface area contributed by atoms with Crippen LogP contribution < -0.4 is 9.47 Å². The minimum atomic E-state index is -0.335. The third-order valence-electron chi connectivity index (χ3n) is 3.68. The van der Waals surface area contributed by atoms with Gasteiger partial charge in [-0.25, -0.2) is 0 Å². The maximum Gasteiger partial charge on any atom is 0.308 e. The Kier molecular flexibility index (Phi) is 4.84. The van der Waals surface area contributed by atoms with Gasteiger partial charge >= 0.3 is 11.9 Å². The Bertz CT molecular complexity index is 636. The molecule has 0 unspecified atom stereocenters. The van der Waals surface area contributed by atoms with Gasteiger partial charge in [0.05, 0.1) is 0 Å². The molecular weight excluding hydrogens is 292 g/mol. The zero-order valence-electron chi connectivity index (χ0n) is 13.8. The molecule has 0 aliphatic heterocycles. The minimum absolute atomic E-state index is 0.233. The standard InChI is InChI=1S/C19H20O4/c1-13(20)22-17-9-5-15(6-10-17)19(3,4)16-7-11-18(12-8-16)23-14(2)21/h5-12H,1-4H3. The third kappa shape index (κ3) is 4.19. The van der Waals surface area contributed by atoms with Crippen LogP contribution in [0.15, 0.2) is 48.5 Å². The summed E-state index contributed by atoms with van der Waals surface area (Å²) in [5, 5.41) is 0. The van der Waals surface area contributed by atoms with E-state index in [2.05, 4.69) is 13.8 Å². The van der Waals surface area contributed by atoms with Crippen molar-refractivity contribution in [3.05, 3.63) is 59.7 Å². The van der Waals surface area contributed by atoms with Crippen LogP contribution in [-0.4, -0.2) is 11.9 Å². The Hall–Kier alpha value is -2.62. The van der Waals surface area contributed by atoms with Crippen molar-refractivity contribution in [1.29, 1.82) is 0 Å². The summed E-state index contributed by atoms with van der Waals surface area (Å²) in [6.07, 6.45) is 0. The molecule has 23 heavy (non-hydrogen) atoms. The van der Waals surface area contributed by atoms with Gasteiger partial charge in [0.1, 0.15) is 11.5 Å². The molecule has 0 atom stereocenters. The maximum absolute atomic E-state index is 11.0. The van der Waals surface area contributed by atoms with Crippen LogP contribution in [0.5, 0.6) is 11.5 Å². The van der Waals surface area contributed by atoms with E-state index < -0.39 is 0 Å². The topological polar surface area (TPSA) is 52.6 Å². The highest BCUT2D eigenvalue weighted by atomic mass is 16.5. The van der Waals surface area contributed by atoms with Crippen molar-refractivity contribution in [2.45, 2.75) is 33.1 Å². The largest absolute Gasteiger partial charge is 0.427 e. The number of ether oxygens (including phenoxy) is 2. The molecule has 4 heteroatoms. The highest BCUT2D eigenvalue weighted by Crippen LogP contribution is 2.33. The summed E-state index contributed by atoms with van der Waals surface area (Å²) in [5.41, 5.74) is 1.95. The number of hydrogen-bond donors (Lipinski definition) is 0. The second-order valence-corrected chi connectivity index (χ2v) is 5.86. The molecule has 2 aromatic carbocycles. The number of benzene rings is 2. The van der Waals surface area contributed by atoms with Crippen molar-refractivity contribution in [2.75, 3.05) is 0 Å². The van der Waals surface area contributed by atoms with Crippen molar-refractivity contribution in [3.8, 4) is 11.5 Å². The lowest BCUT2D eigenvalue weighted by molar-refractivity contribution is -0.132. The van der Waals surface area contributed by atoms with Gasteiger partial charge < -0.3 is 9.47 Å². The predicted octanol–water partition coefficient (Wildman–Crippen LogP) is 3.86. The monoisotopic (exact) mass is 312 g/mol. The SMILES string of the molecule is CC(=O)Oc1ccc(C(C)(C)c2ccc(OC(C)=O)cc2)cc1.